The molecule has 0 saturated carbocycles. The highest BCUT2D eigenvalue weighted by Crippen LogP contribution is 2.45. The quantitative estimate of drug-likeness (QED) is 0.132. The molecule has 0 amide bonds. The Labute approximate surface area is 324 Å². The van der Waals surface area contributed by atoms with Crippen molar-refractivity contribution in [1.29, 1.82) is 5.26 Å². The lowest BCUT2D eigenvalue weighted by atomic mass is 9.95. The molecule has 16 heteroatoms. The molecule has 5 aromatic rings. The van der Waals surface area contributed by atoms with Crippen molar-refractivity contribution >= 4 is 34.5 Å². The fourth-order valence-corrected chi connectivity index (χ4v) is 8.44. The van der Waals surface area contributed by atoms with Gasteiger partial charge >= 0.3 is 12.1 Å². The van der Waals surface area contributed by atoms with Crippen LogP contribution in [0.25, 0.3) is 33.7 Å². The van der Waals surface area contributed by atoms with Crippen LogP contribution in [0.3, 0.4) is 0 Å². The molecule has 2 aromatic heterocycles. The van der Waals surface area contributed by atoms with Crippen LogP contribution >= 0.6 is 11.6 Å². The number of carboxylic acids is 1. The Hall–Kier alpha value is -5.27. The number of likely N-dealkylation sites (tertiary alicyclic amines) is 2. The van der Waals surface area contributed by atoms with Gasteiger partial charge in [-0.05, 0) is 72.7 Å². The number of halogens is 4. The number of aromatic nitrogens is 3. The summed E-state index contributed by atoms with van der Waals surface area (Å²) in [7, 11) is 1.34. The van der Waals surface area contributed by atoms with Crippen molar-refractivity contribution in [3.8, 4) is 34.5 Å². The highest BCUT2D eigenvalue weighted by molar-refractivity contribution is 6.36. The van der Waals surface area contributed by atoms with Crippen LogP contribution in [0.15, 0.2) is 52.9 Å². The second-order valence-corrected chi connectivity index (χ2v) is 14.9. The van der Waals surface area contributed by atoms with Crippen LogP contribution in [0.1, 0.15) is 58.9 Å². The van der Waals surface area contributed by atoms with Crippen molar-refractivity contribution in [2.75, 3.05) is 38.6 Å². The SMILES string of the molecule is COc1nc(N[C@@H]2CCc3c(-c4cccc(-c5nc6cc(CN7CC[C@@H](C(=O)O)C7)cc(C#N)c6o5)c4Cl)cccc32)c(C(F)(F)F)nc1CN1CC[C@@H](O)C1. The number of alkyl halides is 3. The number of aliphatic hydroxyl groups excluding tert-OH is 1. The first-order valence-corrected chi connectivity index (χ1v) is 18.7. The highest BCUT2D eigenvalue weighted by Gasteiger charge is 2.40. The molecule has 0 bridgehead atoms. The van der Waals surface area contributed by atoms with E-state index < -0.39 is 41.7 Å². The standard InChI is InChI=1S/C40H37ClF3N7O5/c1-55-38-32(20-51-13-11-24(52)19-51)46-35(40(42,43)44)36(49-38)47-30-9-8-26-25(4-2-5-27(26)30)28-6-3-7-29(33(28)41)37-48-31-15-21(14-23(16-45)34(31)56-37)17-50-12-10-22(18-50)39(53)54/h2-7,14-15,22,24,30,52H,8-13,17-20H2,1H3,(H,47,49)(H,53,54)/t22-,24-,30-/m1/s1. The average Bonchev–Trinajstić information content (AvgIpc) is 3.99. The van der Waals surface area contributed by atoms with Crippen molar-refractivity contribution in [3.63, 3.8) is 0 Å². The van der Waals surface area contributed by atoms with Crippen molar-refractivity contribution in [3.05, 3.63) is 87.2 Å². The van der Waals surface area contributed by atoms with Gasteiger partial charge in [-0.1, -0.05) is 41.9 Å². The van der Waals surface area contributed by atoms with Crippen molar-refractivity contribution < 1.29 is 37.3 Å². The van der Waals surface area contributed by atoms with Gasteiger partial charge in [0.1, 0.15) is 17.3 Å². The number of nitrogens with zero attached hydrogens (tertiary/aromatic N) is 6. The number of aliphatic carboxylic acids is 1. The molecule has 0 unspecified atom stereocenters. The molecule has 4 heterocycles. The molecule has 3 atom stereocenters. The third kappa shape index (κ3) is 7.25. The number of carboxylic acid groups (broad SMARTS) is 1. The van der Waals surface area contributed by atoms with Gasteiger partial charge in [-0.2, -0.15) is 23.4 Å². The fourth-order valence-electron chi connectivity index (χ4n) is 8.13. The topological polar surface area (TPSA) is 161 Å². The molecule has 1 aliphatic carbocycles. The van der Waals surface area contributed by atoms with Gasteiger partial charge in [0, 0.05) is 38.3 Å². The minimum atomic E-state index is -4.79. The summed E-state index contributed by atoms with van der Waals surface area (Å²) in [5.74, 6) is -1.46. The van der Waals surface area contributed by atoms with Crippen LogP contribution in [0.2, 0.25) is 5.02 Å². The normalized spacial score (nSPS) is 20.1. The van der Waals surface area contributed by atoms with E-state index in [2.05, 4.69) is 21.4 Å². The molecular weight excluding hydrogens is 751 g/mol. The van der Waals surface area contributed by atoms with Crippen LogP contribution in [-0.2, 0) is 30.5 Å². The van der Waals surface area contributed by atoms with Gasteiger partial charge in [-0.25, -0.2) is 9.97 Å². The number of carbonyl (C=O) groups is 1. The Balaban J connectivity index is 1.08. The minimum Gasteiger partial charge on any atom is -0.481 e. The molecule has 290 valence electrons. The lowest BCUT2D eigenvalue weighted by Gasteiger charge is -2.22. The monoisotopic (exact) mass is 787 g/mol. The summed E-state index contributed by atoms with van der Waals surface area (Å²) in [5.41, 5.74) is 4.52. The minimum absolute atomic E-state index is 0.0183. The van der Waals surface area contributed by atoms with Gasteiger partial charge in [0.15, 0.2) is 17.1 Å². The third-order valence-corrected chi connectivity index (χ3v) is 11.2. The number of benzene rings is 3. The molecule has 56 heavy (non-hydrogen) atoms. The molecule has 3 N–H and O–H groups in total. The van der Waals surface area contributed by atoms with Gasteiger partial charge in [-0.3, -0.25) is 14.6 Å². The van der Waals surface area contributed by atoms with Gasteiger partial charge in [0.2, 0.25) is 11.8 Å². The predicted octanol–water partition coefficient (Wildman–Crippen LogP) is 7.08. The highest BCUT2D eigenvalue weighted by atomic mass is 35.5. The number of methoxy groups -OCH3 is 1. The maximum atomic E-state index is 14.5. The first-order chi connectivity index (χ1) is 26.9. The maximum absolute atomic E-state index is 14.5. The number of nitrogens with one attached hydrogen (secondary N) is 1. The van der Waals surface area contributed by atoms with E-state index in [1.54, 1.807) is 12.1 Å². The number of oxazole rings is 1. The van der Waals surface area contributed by atoms with E-state index in [1.807, 2.05) is 46.2 Å². The Bertz CT molecular complexity index is 2380. The summed E-state index contributed by atoms with van der Waals surface area (Å²) in [6.07, 6.45) is -3.21. The molecule has 2 aliphatic heterocycles. The second-order valence-electron chi connectivity index (χ2n) is 14.5. The van der Waals surface area contributed by atoms with E-state index >= 15 is 0 Å². The molecule has 2 saturated heterocycles. The molecular formula is C40H37ClF3N7O5. The number of ether oxygens (including phenoxy) is 1. The van der Waals surface area contributed by atoms with Crippen molar-refractivity contribution in [2.24, 2.45) is 5.92 Å². The van der Waals surface area contributed by atoms with Crippen molar-refractivity contribution in [1.82, 2.24) is 24.8 Å². The first-order valence-electron chi connectivity index (χ1n) is 18.3. The molecule has 3 aliphatic rings. The Morgan fingerprint density at radius 1 is 1.04 bits per heavy atom. The number of rotatable bonds is 10. The van der Waals surface area contributed by atoms with E-state index in [0.717, 1.165) is 22.3 Å². The molecule has 0 radical (unpaired) electrons. The summed E-state index contributed by atoms with van der Waals surface area (Å²) in [6, 6.07) is 16.3. The van der Waals surface area contributed by atoms with Crippen LogP contribution in [0, 0.1) is 17.2 Å². The molecule has 0 spiro atoms. The number of aliphatic hydroxyl groups is 1. The number of fused-ring (bicyclic) bond motifs is 2. The molecule has 12 nitrogen and oxygen atoms in total. The summed E-state index contributed by atoms with van der Waals surface area (Å²) < 4.78 is 55.0. The van der Waals surface area contributed by atoms with Crippen LogP contribution in [0.4, 0.5) is 19.0 Å². The first kappa shape index (κ1) is 37.6. The number of hydrogen-bond donors (Lipinski definition) is 3. The second kappa shape index (κ2) is 15.0. The van der Waals surface area contributed by atoms with Gasteiger partial charge in [0.05, 0.1) is 41.3 Å². The summed E-state index contributed by atoms with van der Waals surface area (Å²) in [6.45, 7) is 2.45. The Morgan fingerprint density at radius 3 is 2.50 bits per heavy atom. The summed E-state index contributed by atoms with van der Waals surface area (Å²) >= 11 is 7.11. The van der Waals surface area contributed by atoms with E-state index in [1.165, 1.54) is 7.11 Å². The zero-order valence-electron chi connectivity index (χ0n) is 30.2. The Morgan fingerprint density at radius 2 is 1.79 bits per heavy atom. The van der Waals surface area contributed by atoms with Crippen LogP contribution in [0.5, 0.6) is 5.88 Å². The Kier molecular flexibility index (Phi) is 10.1. The van der Waals surface area contributed by atoms with E-state index in [0.29, 0.717) is 91.2 Å². The van der Waals surface area contributed by atoms with Crippen LogP contribution < -0.4 is 10.1 Å². The predicted molar refractivity (Wildman–Crippen MR) is 200 cm³/mol. The van der Waals surface area contributed by atoms with Gasteiger partial charge in [-0.15, -0.1) is 0 Å². The van der Waals surface area contributed by atoms with E-state index in [4.69, 9.17) is 25.7 Å². The smallest absolute Gasteiger partial charge is 0.437 e. The van der Waals surface area contributed by atoms with E-state index in [-0.39, 0.29) is 24.0 Å². The summed E-state index contributed by atoms with van der Waals surface area (Å²) in [4.78, 5) is 28.3. The van der Waals surface area contributed by atoms with Gasteiger partial charge < -0.3 is 24.7 Å². The van der Waals surface area contributed by atoms with Gasteiger partial charge in [0.25, 0.3) is 0 Å². The average molecular weight is 788 g/mol. The zero-order valence-corrected chi connectivity index (χ0v) is 31.0. The maximum Gasteiger partial charge on any atom is 0.437 e. The van der Waals surface area contributed by atoms with Crippen LogP contribution in [-0.4, -0.2) is 80.3 Å². The number of hydrogen-bond acceptors (Lipinski definition) is 11. The van der Waals surface area contributed by atoms with E-state index in [9.17, 15) is 33.4 Å². The summed E-state index contributed by atoms with van der Waals surface area (Å²) in [5, 5.41) is 32.7. The fraction of sp³-hybridized carbons (Fsp3) is 0.375. The number of β-amino-alcohol motifs (C(OH)–C–C–N with tert-alkyl or cyclic N) is 1. The number of anilines is 1. The number of nitriles is 1. The van der Waals surface area contributed by atoms with Crippen molar-refractivity contribution in [2.45, 2.75) is 57.1 Å². The lowest BCUT2D eigenvalue weighted by molar-refractivity contribution is -0.142. The molecule has 8 rings (SSSR count). The molecule has 2 fully saturated rings. The lowest BCUT2D eigenvalue weighted by Crippen LogP contribution is -2.25. The molecule has 3 aromatic carbocycles. The zero-order chi connectivity index (χ0) is 39.3. The third-order valence-electron chi connectivity index (χ3n) is 10.8. The largest absolute Gasteiger partial charge is 0.481 e.